The van der Waals surface area contributed by atoms with Crippen molar-refractivity contribution in [2.24, 2.45) is 15.8 Å². The van der Waals surface area contributed by atoms with Gasteiger partial charge in [0.15, 0.2) is 4.77 Å². The van der Waals surface area contributed by atoms with Gasteiger partial charge in [-0.3, -0.25) is 19.3 Å². The number of rotatable bonds is 5. The van der Waals surface area contributed by atoms with Gasteiger partial charge in [-0.25, -0.2) is 0 Å². The zero-order valence-corrected chi connectivity index (χ0v) is 15.9. The van der Waals surface area contributed by atoms with Crippen LogP contribution < -0.4 is 5.56 Å². The quantitative estimate of drug-likeness (QED) is 0.425. The van der Waals surface area contributed by atoms with E-state index in [4.69, 9.17) is 12.2 Å². The highest BCUT2D eigenvalue weighted by atomic mass is 32.1. The number of nitrogens with zero attached hydrogens (tertiary/aromatic N) is 2. The topological polar surface area (TPSA) is 90.6 Å². The summed E-state index contributed by atoms with van der Waals surface area (Å²) >= 11 is 5.05. The van der Waals surface area contributed by atoms with Crippen molar-refractivity contribution in [3.8, 4) is 5.88 Å². The summed E-state index contributed by atoms with van der Waals surface area (Å²) < 4.78 is 1.53. The van der Waals surface area contributed by atoms with Gasteiger partial charge in [0.25, 0.3) is 5.56 Å². The molecule has 1 saturated carbocycles. The van der Waals surface area contributed by atoms with Crippen LogP contribution in [0.25, 0.3) is 0 Å². The number of aliphatic hydroxyl groups excluding tert-OH is 1. The van der Waals surface area contributed by atoms with E-state index in [0.717, 1.165) is 12.8 Å². The highest BCUT2D eigenvalue weighted by Crippen LogP contribution is 2.46. The van der Waals surface area contributed by atoms with Crippen LogP contribution in [0.4, 0.5) is 0 Å². The minimum absolute atomic E-state index is 0.0541. The Morgan fingerprint density at radius 1 is 1.44 bits per heavy atom. The second-order valence-electron chi connectivity index (χ2n) is 8.08. The Bertz CT molecular complexity index is 794. The summed E-state index contributed by atoms with van der Waals surface area (Å²) in [4.78, 5) is 19.0. The fraction of sp³-hybridized carbons (Fsp3) is 0.611. The number of hydrogen-bond acceptors (Lipinski definition) is 5. The molecule has 1 aliphatic carbocycles. The van der Waals surface area contributed by atoms with Crippen LogP contribution in [-0.4, -0.2) is 38.6 Å². The molecule has 2 rings (SSSR count). The molecular weight excluding hydrogens is 338 g/mol. The summed E-state index contributed by atoms with van der Waals surface area (Å²) in [6.45, 7) is 10.8. The molecule has 1 aromatic heterocycles. The number of aliphatic hydroxyl groups is 1. The number of nitrogens with one attached hydrogen (secondary N) is 1. The number of aliphatic imine (C=N–C) groups is 1. The third-order valence-corrected chi connectivity index (χ3v) is 4.96. The molecule has 1 heterocycles. The molecule has 0 spiro atoms. The number of hydrogen-bond donors (Lipinski definition) is 3. The van der Waals surface area contributed by atoms with E-state index < -0.39 is 5.56 Å². The number of H-pyrrole nitrogens is 1. The van der Waals surface area contributed by atoms with Crippen LogP contribution in [0.15, 0.2) is 22.4 Å². The van der Waals surface area contributed by atoms with E-state index in [1.54, 1.807) is 6.08 Å². The van der Waals surface area contributed by atoms with Gasteiger partial charge in [0.05, 0.1) is 6.10 Å². The molecule has 0 aliphatic heterocycles. The largest absolute Gasteiger partial charge is 0.494 e. The van der Waals surface area contributed by atoms with Gasteiger partial charge in [-0.1, -0.05) is 26.8 Å². The summed E-state index contributed by atoms with van der Waals surface area (Å²) in [5.41, 5.74) is -0.483. The second kappa shape index (κ2) is 7.25. The summed E-state index contributed by atoms with van der Waals surface area (Å²) in [7, 11) is 0. The molecule has 7 heteroatoms. The fourth-order valence-corrected chi connectivity index (χ4v) is 4.30. The van der Waals surface area contributed by atoms with Crippen LogP contribution in [0.3, 0.4) is 0 Å². The molecule has 3 N–H and O–H groups in total. The van der Waals surface area contributed by atoms with E-state index in [9.17, 15) is 15.0 Å². The second-order valence-corrected chi connectivity index (χ2v) is 8.47. The molecule has 0 saturated heterocycles. The third kappa shape index (κ3) is 4.67. The van der Waals surface area contributed by atoms with Crippen LogP contribution in [-0.2, 0) is 6.54 Å². The Labute approximate surface area is 152 Å². The molecule has 0 bridgehead atoms. The van der Waals surface area contributed by atoms with Gasteiger partial charge in [0.2, 0.25) is 5.88 Å². The van der Waals surface area contributed by atoms with Crippen molar-refractivity contribution < 1.29 is 10.2 Å². The first-order valence-corrected chi connectivity index (χ1v) is 8.83. The van der Waals surface area contributed by atoms with Crippen LogP contribution in [0.1, 0.15) is 45.6 Å². The molecule has 138 valence electrons. The lowest BCUT2D eigenvalue weighted by Crippen LogP contribution is -2.40. The van der Waals surface area contributed by atoms with Gasteiger partial charge in [-0.2, -0.15) is 0 Å². The maximum absolute atomic E-state index is 12.1. The van der Waals surface area contributed by atoms with E-state index in [-0.39, 0.29) is 33.1 Å². The fourth-order valence-electron chi connectivity index (χ4n) is 4.05. The lowest BCUT2D eigenvalue weighted by molar-refractivity contribution is -0.00472. The van der Waals surface area contributed by atoms with E-state index >= 15 is 0 Å². The van der Waals surface area contributed by atoms with Gasteiger partial charge < -0.3 is 10.2 Å². The van der Waals surface area contributed by atoms with Crippen molar-refractivity contribution >= 4 is 18.4 Å². The number of allylic oxidation sites excluding steroid dienone is 1. The van der Waals surface area contributed by atoms with Crippen molar-refractivity contribution in [2.75, 3.05) is 6.54 Å². The van der Waals surface area contributed by atoms with Gasteiger partial charge in [-0.15, -0.1) is 6.58 Å². The minimum atomic E-state index is -0.472. The average Bonchev–Trinajstić information content (AvgIpc) is 2.44. The van der Waals surface area contributed by atoms with Crippen molar-refractivity contribution in [1.82, 2.24) is 9.55 Å². The maximum atomic E-state index is 12.1. The van der Waals surface area contributed by atoms with Crippen molar-refractivity contribution in [1.29, 1.82) is 0 Å². The SMILES string of the molecule is C=CCn1c(O)c(C=NCC2(C)CC(O)CC(C)(C)C2)c(=O)[nH]c1=S. The molecular formula is C18H27N3O3S. The molecule has 2 atom stereocenters. The van der Waals surface area contributed by atoms with E-state index in [0.29, 0.717) is 19.5 Å². The van der Waals surface area contributed by atoms with Crippen LogP contribution in [0.5, 0.6) is 5.88 Å². The predicted molar refractivity (Wildman–Crippen MR) is 102 cm³/mol. The highest BCUT2D eigenvalue weighted by molar-refractivity contribution is 7.71. The van der Waals surface area contributed by atoms with Crippen LogP contribution in [0.2, 0.25) is 0 Å². The highest BCUT2D eigenvalue weighted by Gasteiger charge is 2.40. The number of aromatic nitrogens is 2. The van der Waals surface area contributed by atoms with Crippen molar-refractivity contribution in [3.63, 3.8) is 0 Å². The van der Waals surface area contributed by atoms with E-state index in [1.807, 2.05) is 0 Å². The Morgan fingerprint density at radius 2 is 2.12 bits per heavy atom. The molecule has 0 aromatic carbocycles. The number of aromatic hydroxyl groups is 1. The maximum Gasteiger partial charge on any atom is 0.264 e. The smallest absolute Gasteiger partial charge is 0.264 e. The zero-order chi connectivity index (χ0) is 18.8. The van der Waals surface area contributed by atoms with Crippen molar-refractivity contribution in [2.45, 2.75) is 52.7 Å². The van der Waals surface area contributed by atoms with Gasteiger partial charge in [-0.05, 0) is 42.3 Å². The predicted octanol–water partition coefficient (Wildman–Crippen LogP) is 2.79. The standard InChI is InChI=1S/C18H27N3O3S/c1-5-6-21-15(24)13(14(23)20-16(21)25)9-19-11-18(4)8-12(22)7-17(2,3)10-18/h5,9,12,22,24H,1,6-8,10-11H2,2-4H3,(H,20,23,25). The van der Waals surface area contributed by atoms with Gasteiger partial charge in [0.1, 0.15) is 5.56 Å². The first kappa shape index (κ1) is 19.6. The van der Waals surface area contributed by atoms with Gasteiger partial charge >= 0.3 is 0 Å². The minimum Gasteiger partial charge on any atom is -0.494 e. The first-order chi connectivity index (χ1) is 11.6. The first-order valence-electron chi connectivity index (χ1n) is 8.42. The Hall–Kier alpha value is -1.73. The molecule has 1 aliphatic rings. The molecule has 6 nitrogen and oxygen atoms in total. The zero-order valence-electron chi connectivity index (χ0n) is 15.1. The Balaban J connectivity index is 2.25. The normalized spacial score (nSPS) is 26.0. The van der Waals surface area contributed by atoms with Crippen LogP contribution in [0, 0.1) is 15.6 Å². The molecule has 0 amide bonds. The molecule has 1 fully saturated rings. The summed E-state index contributed by atoms with van der Waals surface area (Å²) in [5.74, 6) is -0.216. The van der Waals surface area contributed by atoms with E-state index in [1.165, 1.54) is 10.8 Å². The average molecular weight is 365 g/mol. The molecule has 25 heavy (non-hydrogen) atoms. The number of aromatic amines is 1. The lowest BCUT2D eigenvalue weighted by Gasteiger charge is -2.44. The molecule has 2 unspecified atom stereocenters. The summed E-state index contributed by atoms with van der Waals surface area (Å²) in [6, 6.07) is 0. The van der Waals surface area contributed by atoms with Gasteiger partial charge in [0, 0.05) is 19.3 Å². The summed E-state index contributed by atoms with van der Waals surface area (Å²) in [5, 5.41) is 20.4. The Kier molecular flexibility index (Phi) is 5.68. The third-order valence-electron chi connectivity index (χ3n) is 4.63. The van der Waals surface area contributed by atoms with E-state index in [2.05, 4.69) is 37.3 Å². The monoisotopic (exact) mass is 365 g/mol. The lowest BCUT2D eigenvalue weighted by atomic mass is 9.63. The Morgan fingerprint density at radius 3 is 2.72 bits per heavy atom. The van der Waals surface area contributed by atoms with Crippen molar-refractivity contribution in [3.05, 3.63) is 33.3 Å². The summed E-state index contributed by atoms with van der Waals surface area (Å²) in [6.07, 6.45) is 5.04. The molecule has 1 aromatic rings. The molecule has 0 radical (unpaired) electrons. The van der Waals surface area contributed by atoms with Crippen LogP contribution >= 0.6 is 12.2 Å².